The molecule has 180 valence electrons. The topological polar surface area (TPSA) is 109 Å². The van der Waals surface area contributed by atoms with Gasteiger partial charge >= 0.3 is 11.9 Å². The van der Waals surface area contributed by atoms with Crippen molar-refractivity contribution in [2.24, 2.45) is 0 Å². The molecule has 34 heavy (non-hydrogen) atoms. The zero-order valence-corrected chi connectivity index (χ0v) is 20.1. The predicted octanol–water partition coefficient (Wildman–Crippen LogP) is 3.83. The summed E-state index contributed by atoms with van der Waals surface area (Å²) in [6.07, 6.45) is 1.22. The van der Waals surface area contributed by atoms with Gasteiger partial charge in [-0.15, -0.1) is 0 Å². The number of aryl methyl sites for hydroxylation is 1. The minimum absolute atomic E-state index is 0.0440. The lowest BCUT2D eigenvalue weighted by Gasteiger charge is -2.29. The second-order valence-corrected chi connectivity index (χ2v) is 7.82. The Hall–Kier alpha value is -3.70. The first kappa shape index (κ1) is 26.6. The Morgan fingerprint density at radius 1 is 1.15 bits per heavy atom. The molecule has 0 aliphatic carbocycles. The molecule has 1 N–H and O–H groups in total. The molecule has 2 rings (SSSR count). The Balaban J connectivity index is 2.19. The molecule has 0 aliphatic rings. The third-order valence-corrected chi connectivity index (χ3v) is 5.40. The highest BCUT2D eigenvalue weighted by Gasteiger charge is 2.28. The maximum Gasteiger partial charge on any atom is 0.340 e. The molecule has 0 bridgehead atoms. The molecule has 8 nitrogen and oxygen atoms in total. The molecule has 0 heterocycles. The van der Waals surface area contributed by atoms with E-state index in [2.05, 4.69) is 5.32 Å². The van der Waals surface area contributed by atoms with Gasteiger partial charge in [0, 0.05) is 0 Å². The summed E-state index contributed by atoms with van der Waals surface area (Å²) >= 11 is 0. The Bertz CT molecular complexity index is 1050. The normalized spacial score (nSPS) is 11.4. The van der Waals surface area contributed by atoms with Crippen LogP contribution in [0.3, 0.4) is 0 Å². The van der Waals surface area contributed by atoms with Gasteiger partial charge in [-0.2, -0.15) is 5.26 Å². The van der Waals surface area contributed by atoms with Gasteiger partial charge in [0.15, 0.2) is 0 Å². The van der Waals surface area contributed by atoms with Gasteiger partial charge in [-0.05, 0) is 43.1 Å². The third-order valence-electron chi connectivity index (χ3n) is 5.40. The largest absolute Gasteiger partial charge is 0.465 e. The summed E-state index contributed by atoms with van der Waals surface area (Å²) in [5.41, 5.74) is 2.13. The van der Waals surface area contributed by atoms with Crippen molar-refractivity contribution in [2.45, 2.75) is 46.3 Å². The van der Waals surface area contributed by atoms with Crippen LogP contribution in [0.1, 0.15) is 53.7 Å². The second-order valence-electron chi connectivity index (χ2n) is 7.82. The van der Waals surface area contributed by atoms with Crippen LogP contribution in [0.25, 0.3) is 0 Å². The van der Waals surface area contributed by atoms with E-state index < -0.39 is 18.0 Å². The van der Waals surface area contributed by atoms with E-state index in [0.717, 1.165) is 5.56 Å². The molecule has 1 amide bonds. The van der Waals surface area contributed by atoms with Crippen molar-refractivity contribution < 1.29 is 23.9 Å². The number of esters is 2. The first-order valence-electron chi connectivity index (χ1n) is 11.2. The number of nitrogens with one attached hydrogen (secondary N) is 1. The third kappa shape index (κ3) is 7.15. The Morgan fingerprint density at radius 3 is 2.44 bits per heavy atom. The van der Waals surface area contributed by atoms with Gasteiger partial charge in [-0.1, -0.05) is 50.6 Å². The molecule has 1 unspecified atom stereocenters. The molecule has 0 aromatic heterocycles. The van der Waals surface area contributed by atoms with E-state index in [9.17, 15) is 19.6 Å². The average Bonchev–Trinajstić information content (AvgIpc) is 2.85. The zero-order chi connectivity index (χ0) is 25.1. The summed E-state index contributed by atoms with van der Waals surface area (Å²) in [5.74, 6) is -1.43. The number of rotatable bonds is 11. The van der Waals surface area contributed by atoms with E-state index in [0.29, 0.717) is 30.6 Å². The summed E-state index contributed by atoms with van der Waals surface area (Å²) in [6, 6.07) is 13.8. The van der Waals surface area contributed by atoms with Crippen molar-refractivity contribution in [1.29, 1.82) is 5.26 Å². The molecule has 0 saturated carbocycles. The number of hydrogen-bond donors (Lipinski definition) is 1. The van der Waals surface area contributed by atoms with Crippen LogP contribution >= 0.6 is 0 Å². The van der Waals surface area contributed by atoms with E-state index >= 15 is 0 Å². The highest BCUT2D eigenvalue weighted by molar-refractivity contribution is 6.04. The van der Waals surface area contributed by atoms with Gasteiger partial charge in [0.25, 0.3) is 0 Å². The summed E-state index contributed by atoms with van der Waals surface area (Å²) in [4.78, 5) is 39.9. The number of likely N-dealkylation sites (N-methyl/N-ethyl adjacent to an activating group) is 1. The van der Waals surface area contributed by atoms with Crippen molar-refractivity contribution in [3.63, 3.8) is 0 Å². The number of hydrogen-bond acceptors (Lipinski definition) is 7. The lowest BCUT2D eigenvalue weighted by molar-refractivity contribution is -0.147. The lowest BCUT2D eigenvalue weighted by Crippen LogP contribution is -2.46. The minimum atomic E-state index is -0.653. The Labute approximate surface area is 200 Å². The van der Waals surface area contributed by atoms with Crippen LogP contribution in [-0.4, -0.2) is 49.0 Å². The fourth-order valence-corrected chi connectivity index (χ4v) is 3.64. The summed E-state index contributed by atoms with van der Waals surface area (Å²) in [7, 11) is 1.24. The quantitative estimate of drug-likeness (QED) is 0.503. The van der Waals surface area contributed by atoms with E-state index in [4.69, 9.17) is 9.47 Å². The van der Waals surface area contributed by atoms with Crippen molar-refractivity contribution in [2.75, 3.05) is 25.5 Å². The Kier molecular flexibility index (Phi) is 10.2. The number of nitrogens with zero attached hydrogens (tertiary/aromatic N) is 2. The zero-order valence-electron chi connectivity index (χ0n) is 20.1. The maximum absolute atomic E-state index is 13.3. The molecule has 2 aromatic rings. The van der Waals surface area contributed by atoms with Gasteiger partial charge in [0.2, 0.25) is 5.91 Å². The van der Waals surface area contributed by atoms with Crippen LogP contribution in [0, 0.1) is 18.3 Å². The monoisotopic (exact) mass is 465 g/mol. The highest BCUT2D eigenvalue weighted by Crippen LogP contribution is 2.25. The SMILES string of the molecule is CCCC(C(=O)Nc1c(C)cc(C#N)cc1C(=O)OC)N(CC)CC(=O)OCc1ccccc1. The molecule has 1 atom stereocenters. The first-order valence-corrected chi connectivity index (χ1v) is 11.2. The number of methoxy groups -OCH3 is 1. The smallest absolute Gasteiger partial charge is 0.340 e. The molecule has 2 aromatic carbocycles. The fraction of sp³-hybridized carbons (Fsp3) is 0.385. The summed E-state index contributed by atoms with van der Waals surface area (Å²) in [6.45, 7) is 6.10. The first-order chi connectivity index (χ1) is 16.3. The van der Waals surface area contributed by atoms with Gasteiger partial charge in [0.05, 0.1) is 42.6 Å². The van der Waals surface area contributed by atoms with Crippen LogP contribution in [0.4, 0.5) is 5.69 Å². The van der Waals surface area contributed by atoms with E-state index in [1.165, 1.54) is 13.2 Å². The fourth-order valence-electron chi connectivity index (χ4n) is 3.64. The van der Waals surface area contributed by atoms with E-state index in [-0.39, 0.29) is 30.2 Å². The molecule has 0 fully saturated rings. The van der Waals surface area contributed by atoms with Crippen molar-refractivity contribution in [3.05, 3.63) is 64.7 Å². The van der Waals surface area contributed by atoms with E-state index in [1.54, 1.807) is 17.9 Å². The molecular formula is C26H31N3O5. The van der Waals surface area contributed by atoms with Crippen molar-refractivity contribution in [1.82, 2.24) is 4.90 Å². The number of anilines is 1. The standard InChI is InChI=1S/C26H31N3O5/c1-5-10-22(29(6-2)16-23(30)34-17-19-11-8-7-9-12-19)25(31)28-24-18(3)13-20(15-27)14-21(24)26(32)33-4/h7-9,11-14,22H,5-6,10,16-17H2,1-4H3,(H,28,31). The summed E-state index contributed by atoms with van der Waals surface area (Å²) in [5, 5.41) is 12.1. The van der Waals surface area contributed by atoms with Crippen LogP contribution in [-0.2, 0) is 25.7 Å². The lowest BCUT2D eigenvalue weighted by atomic mass is 10.0. The molecule has 0 saturated heterocycles. The van der Waals surface area contributed by atoms with Crippen LogP contribution in [0.2, 0.25) is 0 Å². The van der Waals surface area contributed by atoms with Crippen LogP contribution < -0.4 is 5.32 Å². The van der Waals surface area contributed by atoms with Crippen molar-refractivity contribution >= 4 is 23.5 Å². The second kappa shape index (κ2) is 13.1. The number of carbonyl (C=O) groups excluding carboxylic acids is 3. The predicted molar refractivity (Wildman–Crippen MR) is 128 cm³/mol. The van der Waals surface area contributed by atoms with Gasteiger partial charge in [-0.25, -0.2) is 4.79 Å². The number of ether oxygens (including phenoxy) is 2. The molecule has 8 heteroatoms. The molecule has 0 radical (unpaired) electrons. The van der Waals surface area contributed by atoms with E-state index in [1.807, 2.05) is 50.2 Å². The van der Waals surface area contributed by atoms with Crippen LogP contribution in [0.15, 0.2) is 42.5 Å². The highest BCUT2D eigenvalue weighted by atomic mass is 16.5. The van der Waals surface area contributed by atoms with Crippen molar-refractivity contribution in [3.8, 4) is 6.07 Å². The number of carbonyl (C=O) groups is 3. The summed E-state index contributed by atoms with van der Waals surface area (Å²) < 4.78 is 10.2. The minimum Gasteiger partial charge on any atom is -0.465 e. The average molecular weight is 466 g/mol. The van der Waals surface area contributed by atoms with Crippen LogP contribution in [0.5, 0.6) is 0 Å². The van der Waals surface area contributed by atoms with Gasteiger partial charge in [0.1, 0.15) is 6.61 Å². The molecule has 0 aliphatic heterocycles. The molecular weight excluding hydrogens is 434 g/mol. The molecule has 0 spiro atoms. The Morgan fingerprint density at radius 2 is 1.85 bits per heavy atom. The number of benzene rings is 2. The van der Waals surface area contributed by atoms with Gasteiger partial charge in [-0.3, -0.25) is 14.5 Å². The van der Waals surface area contributed by atoms with Gasteiger partial charge < -0.3 is 14.8 Å². The number of amides is 1. The maximum atomic E-state index is 13.3. The number of nitriles is 1.